The predicted octanol–water partition coefficient (Wildman–Crippen LogP) is 0.976. The Labute approximate surface area is 85.1 Å². The van der Waals surface area contributed by atoms with Crippen LogP contribution in [0.3, 0.4) is 0 Å². The first-order valence-corrected chi connectivity index (χ1v) is 4.65. The highest BCUT2D eigenvalue weighted by Crippen LogP contribution is 2.32. The summed E-state index contributed by atoms with van der Waals surface area (Å²) in [5.74, 6) is -0.904. The molecule has 4 N–H and O–H groups in total. The van der Waals surface area contributed by atoms with E-state index in [-0.39, 0.29) is 6.42 Å². The monoisotopic (exact) mass is 203 g/mol. The van der Waals surface area contributed by atoms with E-state index in [9.17, 15) is 9.90 Å². The maximum atomic E-state index is 10.9. The summed E-state index contributed by atoms with van der Waals surface area (Å²) < 4.78 is 0. The van der Waals surface area contributed by atoms with Gasteiger partial charge in [-0.15, -0.1) is 0 Å². The van der Waals surface area contributed by atoms with Crippen LogP contribution in [0.4, 0.5) is 0 Å². The summed E-state index contributed by atoms with van der Waals surface area (Å²) in [5.41, 5.74) is 2.96. The quantitative estimate of drug-likeness (QED) is 0.636. The van der Waals surface area contributed by atoms with Crippen LogP contribution in [0.5, 0.6) is 0 Å². The van der Waals surface area contributed by atoms with E-state index in [4.69, 9.17) is 10.8 Å². The third-order valence-electron chi connectivity index (χ3n) is 2.79. The van der Waals surface area contributed by atoms with E-state index in [2.05, 4.69) is 0 Å². The molecule has 4 heteroatoms. The van der Waals surface area contributed by atoms with Gasteiger partial charge >= 0.3 is 5.97 Å². The second kappa shape index (κ2) is 3.51. The van der Waals surface area contributed by atoms with Gasteiger partial charge in [-0.05, 0) is 41.0 Å². The zero-order chi connectivity index (χ0) is 11.8. The van der Waals surface area contributed by atoms with E-state index in [0.717, 1.165) is 0 Å². The minimum Gasteiger partial charge on any atom is -0.481 e. The Hall–Kier alpha value is -0.610. The minimum absolute atomic E-state index is 0.221. The third-order valence-corrected chi connectivity index (χ3v) is 2.79. The Morgan fingerprint density at radius 1 is 1.21 bits per heavy atom. The highest BCUT2D eigenvalue weighted by Gasteiger charge is 2.43. The van der Waals surface area contributed by atoms with Crippen LogP contribution in [-0.4, -0.2) is 27.3 Å². The van der Waals surface area contributed by atoms with E-state index >= 15 is 0 Å². The lowest BCUT2D eigenvalue weighted by Gasteiger charge is -2.40. The van der Waals surface area contributed by atoms with Gasteiger partial charge in [0.1, 0.15) is 0 Å². The molecule has 0 aromatic rings. The van der Waals surface area contributed by atoms with Gasteiger partial charge in [-0.25, -0.2) is 0 Å². The zero-order valence-electron chi connectivity index (χ0n) is 9.59. The van der Waals surface area contributed by atoms with Crippen molar-refractivity contribution in [2.24, 2.45) is 11.1 Å². The molecule has 0 aliphatic rings. The van der Waals surface area contributed by atoms with Gasteiger partial charge in [-0.1, -0.05) is 0 Å². The Morgan fingerprint density at radius 3 is 1.79 bits per heavy atom. The van der Waals surface area contributed by atoms with Gasteiger partial charge in [0.2, 0.25) is 0 Å². The van der Waals surface area contributed by atoms with Gasteiger partial charge in [0.05, 0.1) is 11.0 Å². The number of hydrogen-bond donors (Lipinski definition) is 3. The maximum absolute atomic E-state index is 10.9. The first-order chi connectivity index (χ1) is 5.90. The van der Waals surface area contributed by atoms with E-state index in [0.29, 0.717) is 0 Å². The molecule has 0 radical (unpaired) electrons. The molecule has 0 spiro atoms. The van der Waals surface area contributed by atoms with Gasteiger partial charge in [0.15, 0.2) is 0 Å². The fourth-order valence-corrected chi connectivity index (χ4v) is 1.21. The molecule has 1 atom stereocenters. The second-order valence-corrected chi connectivity index (χ2v) is 5.34. The zero-order valence-corrected chi connectivity index (χ0v) is 9.59. The fourth-order valence-electron chi connectivity index (χ4n) is 1.21. The van der Waals surface area contributed by atoms with Crippen molar-refractivity contribution in [3.8, 4) is 0 Å². The maximum Gasteiger partial charge on any atom is 0.309 e. The summed E-state index contributed by atoms with van der Waals surface area (Å²) in [5, 5.41) is 18.7. The number of carbonyl (C=O) groups is 1. The van der Waals surface area contributed by atoms with E-state index in [1.807, 2.05) is 0 Å². The van der Waals surface area contributed by atoms with Gasteiger partial charge in [-0.3, -0.25) is 4.79 Å². The average molecular weight is 203 g/mol. The smallest absolute Gasteiger partial charge is 0.309 e. The highest BCUT2D eigenvalue weighted by atomic mass is 16.4. The molecule has 0 bridgehead atoms. The largest absolute Gasteiger partial charge is 0.481 e. The molecule has 0 saturated carbocycles. The van der Waals surface area contributed by atoms with Crippen molar-refractivity contribution in [2.75, 3.05) is 0 Å². The van der Waals surface area contributed by atoms with Crippen LogP contribution >= 0.6 is 0 Å². The molecule has 84 valence electrons. The van der Waals surface area contributed by atoms with Crippen molar-refractivity contribution in [1.82, 2.24) is 0 Å². The molecule has 0 aromatic heterocycles. The molecule has 0 aromatic carbocycles. The molecule has 0 heterocycles. The normalized spacial score (nSPS) is 17.6. The van der Waals surface area contributed by atoms with Gasteiger partial charge < -0.3 is 15.9 Å². The lowest BCUT2D eigenvalue weighted by Crippen LogP contribution is -2.57. The van der Waals surface area contributed by atoms with Crippen molar-refractivity contribution < 1.29 is 15.0 Å². The van der Waals surface area contributed by atoms with Crippen LogP contribution in [-0.2, 0) is 4.79 Å². The number of carboxylic acid groups (broad SMARTS) is 1. The SMILES string of the molecule is CC(C)(CC(C)(N)C(C)(C)O)C(=O)O. The Kier molecular flexibility index (Phi) is 3.36. The van der Waals surface area contributed by atoms with Crippen molar-refractivity contribution in [1.29, 1.82) is 0 Å². The molecule has 0 fully saturated rings. The molecule has 0 amide bonds. The summed E-state index contributed by atoms with van der Waals surface area (Å²) in [7, 11) is 0. The minimum atomic E-state index is -1.10. The fraction of sp³-hybridized carbons (Fsp3) is 0.900. The van der Waals surface area contributed by atoms with Crippen LogP contribution in [0.1, 0.15) is 41.0 Å². The summed E-state index contributed by atoms with van der Waals surface area (Å²) in [4.78, 5) is 10.9. The molecule has 0 saturated heterocycles. The number of rotatable bonds is 4. The average Bonchev–Trinajstić information content (AvgIpc) is 1.80. The number of aliphatic hydroxyl groups is 1. The molecule has 14 heavy (non-hydrogen) atoms. The van der Waals surface area contributed by atoms with Gasteiger partial charge in [0.25, 0.3) is 0 Å². The number of hydrogen-bond acceptors (Lipinski definition) is 3. The van der Waals surface area contributed by atoms with E-state index in [1.165, 1.54) is 0 Å². The number of carboxylic acids is 1. The molecule has 0 aliphatic heterocycles. The number of aliphatic carboxylic acids is 1. The van der Waals surface area contributed by atoms with Gasteiger partial charge in [-0.2, -0.15) is 0 Å². The van der Waals surface area contributed by atoms with Crippen molar-refractivity contribution in [3.05, 3.63) is 0 Å². The van der Waals surface area contributed by atoms with Crippen molar-refractivity contribution >= 4 is 5.97 Å². The topological polar surface area (TPSA) is 83.5 Å². The van der Waals surface area contributed by atoms with Crippen molar-refractivity contribution in [2.45, 2.75) is 52.2 Å². The predicted molar refractivity (Wildman–Crippen MR) is 54.9 cm³/mol. The molecule has 0 aliphatic carbocycles. The van der Waals surface area contributed by atoms with Crippen molar-refractivity contribution in [3.63, 3.8) is 0 Å². The van der Waals surface area contributed by atoms with Crippen LogP contribution < -0.4 is 5.73 Å². The second-order valence-electron chi connectivity index (χ2n) is 5.34. The highest BCUT2D eigenvalue weighted by molar-refractivity contribution is 5.73. The molecular weight excluding hydrogens is 182 g/mol. The first kappa shape index (κ1) is 13.4. The standard InChI is InChI=1S/C10H21NO3/c1-8(2,7(12)13)6-10(5,11)9(3,4)14/h14H,6,11H2,1-5H3,(H,12,13). The lowest BCUT2D eigenvalue weighted by atomic mass is 9.72. The molecule has 4 nitrogen and oxygen atoms in total. The van der Waals surface area contributed by atoms with Crippen LogP contribution in [0.2, 0.25) is 0 Å². The van der Waals surface area contributed by atoms with Crippen LogP contribution in [0, 0.1) is 5.41 Å². The summed E-state index contributed by atoms with van der Waals surface area (Å²) in [6, 6.07) is 0. The van der Waals surface area contributed by atoms with Crippen LogP contribution in [0.25, 0.3) is 0 Å². The number of nitrogens with two attached hydrogens (primary N) is 1. The van der Waals surface area contributed by atoms with Crippen LogP contribution in [0.15, 0.2) is 0 Å². The molecule has 1 unspecified atom stereocenters. The Bertz CT molecular complexity index is 226. The lowest BCUT2D eigenvalue weighted by molar-refractivity contribution is -0.149. The summed E-state index contributed by atoms with van der Waals surface area (Å²) in [6.45, 7) is 8.05. The Balaban J connectivity index is 4.76. The Morgan fingerprint density at radius 2 is 1.57 bits per heavy atom. The van der Waals surface area contributed by atoms with E-state index < -0.39 is 22.5 Å². The third kappa shape index (κ3) is 2.96. The summed E-state index contributed by atoms with van der Waals surface area (Å²) >= 11 is 0. The molecule has 0 rings (SSSR count). The first-order valence-electron chi connectivity index (χ1n) is 4.65. The van der Waals surface area contributed by atoms with Gasteiger partial charge in [0, 0.05) is 5.54 Å². The molecular formula is C10H21NO3. The van der Waals surface area contributed by atoms with E-state index in [1.54, 1.807) is 34.6 Å². The summed E-state index contributed by atoms with van der Waals surface area (Å²) in [6.07, 6.45) is 0.221.